The third-order valence-corrected chi connectivity index (χ3v) is 5.79. The number of hydrogen-bond donors (Lipinski definition) is 2. The molecule has 1 atom stereocenters. The maximum Gasteiger partial charge on any atom is 0.222 e. The minimum atomic E-state index is -0.291. The number of carbonyl (C=O) groups is 1. The van der Waals surface area contributed by atoms with Crippen LogP contribution in [0.3, 0.4) is 0 Å². The van der Waals surface area contributed by atoms with Gasteiger partial charge in [-0.15, -0.1) is 0 Å². The minimum absolute atomic E-state index is 0.167. The van der Waals surface area contributed by atoms with Gasteiger partial charge >= 0.3 is 0 Å². The second-order valence-electron chi connectivity index (χ2n) is 8.05. The van der Waals surface area contributed by atoms with Gasteiger partial charge in [0.2, 0.25) is 5.91 Å². The molecule has 1 aromatic carbocycles. The highest BCUT2D eigenvalue weighted by atomic mass is 19.1. The number of guanidine groups is 1. The fourth-order valence-electron chi connectivity index (χ4n) is 4.18. The predicted octanol–water partition coefficient (Wildman–Crippen LogP) is 2.29. The molecule has 4 rings (SSSR count). The van der Waals surface area contributed by atoms with Crippen molar-refractivity contribution in [1.82, 2.24) is 20.5 Å². The molecule has 164 valence electrons. The highest BCUT2D eigenvalue weighted by Gasteiger charge is 2.26. The lowest BCUT2D eigenvalue weighted by atomic mass is 10.1. The van der Waals surface area contributed by atoms with E-state index >= 15 is 0 Å². The van der Waals surface area contributed by atoms with Crippen molar-refractivity contribution in [3.8, 4) is 0 Å². The summed E-state index contributed by atoms with van der Waals surface area (Å²) in [6.45, 7) is 3.57. The van der Waals surface area contributed by atoms with Gasteiger partial charge < -0.3 is 20.4 Å². The van der Waals surface area contributed by atoms with Crippen molar-refractivity contribution in [2.75, 3.05) is 31.6 Å². The molecule has 2 aromatic rings. The predicted molar refractivity (Wildman–Crippen MR) is 119 cm³/mol. The van der Waals surface area contributed by atoms with Crippen molar-refractivity contribution in [3.63, 3.8) is 0 Å². The number of likely N-dealkylation sites (tertiary alicyclic amines) is 1. The SMILES string of the molecule is CN=C(NCc1cccc(CN2CCCC2=O)c1)NC1CCN(c2ncccc2F)C1. The van der Waals surface area contributed by atoms with Gasteiger partial charge in [0.15, 0.2) is 17.6 Å². The number of amides is 1. The molecule has 2 saturated heterocycles. The molecule has 1 aromatic heterocycles. The first-order valence-electron chi connectivity index (χ1n) is 10.8. The van der Waals surface area contributed by atoms with Gasteiger partial charge in [-0.2, -0.15) is 0 Å². The number of nitrogens with zero attached hydrogens (tertiary/aromatic N) is 4. The van der Waals surface area contributed by atoms with Gasteiger partial charge in [-0.3, -0.25) is 9.79 Å². The van der Waals surface area contributed by atoms with E-state index in [0.29, 0.717) is 37.8 Å². The fourth-order valence-corrected chi connectivity index (χ4v) is 4.18. The normalized spacial score (nSPS) is 19.2. The van der Waals surface area contributed by atoms with Gasteiger partial charge in [0.1, 0.15) is 0 Å². The topological polar surface area (TPSA) is 72.9 Å². The monoisotopic (exact) mass is 424 g/mol. The van der Waals surface area contributed by atoms with E-state index in [0.717, 1.165) is 37.1 Å². The van der Waals surface area contributed by atoms with Crippen molar-refractivity contribution in [3.05, 3.63) is 59.5 Å². The van der Waals surface area contributed by atoms with Crippen LogP contribution in [0.2, 0.25) is 0 Å². The molecule has 7 nitrogen and oxygen atoms in total. The Labute approximate surface area is 182 Å². The van der Waals surface area contributed by atoms with Gasteiger partial charge in [0.25, 0.3) is 0 Å². The van der Waals surface area contributed by atoms with E-state index in [-0.39, 0.29) is 17.8 Å². The average Bonchev–Trinajstić information content (AvgIpc) is 3.41. The molecule has 1 amide bonds. The van der Waals surface area contributed by atoms with Gasteiger partial charge in [-0.1, -0.05) is 24.3 Å². The van der Waals surface area contributed by atoms with Crippen LogP contribution in [0.4, 0.5) is 10.2 Å². The summed E-state index contributed by atoms with van der Waals surface area (Å²) >= 11 is 0. The standard InChI is InChI=1S/C23H29FN6O/c1-25-23(28-19-9-12-30(16-19)22-20(24)7-3-10-26-22)27-14-17-5-2-6-18(13-17)15-29-11-4-8-21(29)31/h2-3,5-7,10,13,19H,4,8-9,11-12,14-16H2,1H3,(H2,25,27,28). The van der Waals surface area contributed by atoms with E-state index < -0.39 is 0 Å². The van der Waals surface area contributed by atoms with E-state index in [1.165, 1.54) is 6.07 Å². The quantitative estimate of drug-likeness (QED) is 0.550. The lowest BCUT2D eigenvalue weighted by Crippen LogP contribution is -2.44. The summed E-state index contributed by atoms with van der Waals surface area (Å²) in [7, 11) is 1.75. The van der Waals surface area contributed by atoms with Crippen LogP contribution in [0.1, 0.15) is 30.4 Å². The number of benzene rings is 1. The largest absolute Gasteiger partial charge is 0.352 e. The van der Waals surface area contributed by atoms with Gasteiger partial charge in [0.05, 0.1) is 0 Å². The van der Waals surface area contributed by atoms with Crippen LogP contribution in [-0.4, -0.2) is 54.5 Å². The molecule has 2 aliphatic rings. The lowest BCUT2D eigenvalue weighted by Gasteiger charge is -2.20. The maximum atomic E-state index is 14.0. The van der Waals surface area contributed by atoms with E-state index in [1.54, 1.807) is 19.3 Å². The number of rotatable bonds is 6. The summed E-state index contributed by atoms with van der Waals surface area (Å²) in [5.74, 6) is 1.07. The second-order valence-corrected chi connectivity index (χ2v) is 8.05. The van der Waals surface area contributed by atoms with Gasteiger partial charge in [0, 0.05) is 58.4 Å². The molecule has 0 saturated carbocycles. The highest BCUT2D eigenvalue weighted by Crippen LogP contribution is 2.21. The Morgan fingerprint density at radius 3 is 2.90 bits per heavy atom. The molecular weight excluding hydrogens is 395 g/mol. The number of anilines is 1. The van der Waals surface area contributed by atoms with Crippen LogP contribution in [0.5, 0.6) is 0 Å². The van der Waals surface area contributed by atoms with E-state index in [1.807, 2.05) is 15.9 Å². The summed E-state index contributed by atoms with van der Waals surface area (Å²) in [5, 5.41) is 6.79. The first-order valence-corrected chi connectivity index (χ1v) is 10.8. The Kier molecular flexibility index (Phi) is 6.64. The molecule has 31 heavy (non-hydrogen) atoms. The Hall–Kier alpha value is -3.16. The molecule has 1 unspecified atom stereocenters. The summed E-state index contributed by atoms with van der Waals surface area (Å²) in [5.41, 5.74) is 2.28. The number of pyridine rings is 1. The molecule has 0 spiro atoms. The molecule has 0 aliphatic carbocycles. The number of halogens is 1. The minimum Gasteiger partial charge on any atom is -0.352 e. The number of aliphatic imine (C=N–C) groups is 1. The molecule has 0 bridgehead atoms. The van der Waals surface area contributed by atoms with E-state index in [2.05, 4.69) is 38.8 Å². The molecule has 2 aliphatic heterocycles. The first-order chi connectivity index (χ1) is 15.1. The molecule has 0 radical (unpaired) electrons. The first kappa shape index (κ1) is 21.1. The molecular formula is C23H29FN6O. The highest BCUT2D eigenvalue weighted by molar-refractivity contribution is 5.80. The Morgan fingerprint density at radius 2 is 2.13 bits per heavy atom. The van der Waals surface area contributed by atoms with Crippen LogP contribution in [0, 0.1) is 5.82 Å². The van der Waals surface area contributed by atoms with Gasteiger partial charge in [-0.05, 0) is 36.1 Å². The molecule has 8 heteroatoms. The van der Waals surface area contributed by atoms with Crippen molar-refractivity contribution >= 4 is 17.7 Å². The maximum absolute atomic E-state index is 14.0. The van der Waals surface area contributed by atoms with Crippen molar-refractivity contribution in [1.29, 1.82) is 0 Å². The van der Waals surface area contributed by atoms with Crippen LogP contribution in [-0.2, 0) is 17.9 Å². The summed E-state index contributed by atoms with van der Waals surface area (Å²) in [6, 6.07) is 11.5. The number of hydrogen-bond acceptors (Lipinski definition) is 4. The average molecular weight is 425 g/mol. The Morgan fingerprint density at radius 1 is 1.26 bits per heavy atom. The molecule has 2 N–H and O–H groups in total. The van der Waals surface area contributed by atoms with Crippen LogP contribution in [0.25, 0.3) is 0 Å². The van der Waals surface area contributed by atoms with E-state index in [4.69, 9.17) is 0 Å². The van der Waals surface area contributed by atoms with Crippen LogP contribution in [0.15, 0.2) is 47.6 Å². The zero-order chi connectivity index (χ0) is 21.6. The Bertz CT molecular complexity index is 949. The summed E-state index contributed by atoms with van der Waals surface area (Å²) in [6.07, 6.45) is 4.12. The molecule has 3 heterocycles. The van der Waals surface area contributed by atoms with Crippen LogP contribution >= 0.6 is 0 Å². The number of aromatic nitrogens is 1. The zero-order valence-electron chi connectivity index (χ0n) is 17.9. The smallest absolute Gasteiger partial charge is 0.222 e. The van der Waals surface area contributed by atoms with Crippen molar-refractivity contribution in [2.45, 2.75) is 38.4 Å². The zero-order valence-corrected chi connectivity index (χ0v) is 17.9. The van der Waals surface area contributed by atoms with Gasteiger partial charge in [-0.25, -0.2) is 9.37 Å². The summed E-state index contributed by atoms with van der Waals surface area (Å²) < 4.78 is 14.0. The number of nitrogens with one attached hydrogen (secondary N) is 2. The summed E-state index contributed by atoms with van der Waals surface area (Å²) in [4.78, 5) is 24.3. The second kappa shape index (κ2) is 9.76. The van der Waals surface area contributed by atoms with Crippen LogP contribution < -0.4 is 15.5 Å². The lowest BCUT2D eigenvalue weighted by molar-refractivity contribution is -0.128. The fraction of sp³-hybridized carbons (Fsp3) is 0.435. The third-order valence-electron chi connectivity index (χ3n) is 5.79. The van der Waals surface area contributed by atoms with Crippen molar-refractivity contribution < 1.29 is 9.18 Å². The number of carbonyl (C=O) groups excluding carboxylic acids is 1. The van der Waals surface area contributed by atoms with E-state index in [9.17, 15) is 9.18 Å². The third kappa shape index (κ3) is 5.31. The molecule has 2 fully saturated rings. The Balaban J connectivity index is 1.29. The van der Waals surface area contributed by atoms with Crippen molar-refractivity contribution in [2.24, 2.45) is 4.99 Å².